The molecule has 0 aliphatic heterocycles. The second-order valence-corrected chi connectivity index (χ2v) is 9.91. The zero-order valence-corrected chi connectivity index (χ0v) is 19.3. The Balaban J connectivity index is 1.64. The maximum atomic E-state index is 12.7. The fourth-order valence-corrected chi connectivity index (χ4v) is 4.41. The molecule has 3 N–H and O–H groups in total. The van der Waals surface area contributed by atoms with Crippen molar-refractivity contribution in [1.82, 2.24) is 14.3 Å². The van der Waals surface area contributed by atoms with Crippen molar-refractivity contribution in [2.75, 3.05) is 24.7 Å². The van der Waals surface area contributed by atoms with Crippen molar-refractivity contribution in [2.45, 2.75) is 11.1 Å². The molecule has 0 aliphatic rings. The molecule has 4 aromatic rings. The van der Waals surface area contributed by atoms with Gasteiger partial charge in [-0.25, -0.2) is 22.5 Å². The van der Waals surface area contributed by atoms with Crippen LogP contribution in [0.25, 0.3) is 22.2 Å². The van der Waals surface area contributed by atoms with E-state index in [0.717, 1.165) is 28.6 Å². The lowest BCUT2D eigenvalue weighted by Gasteiger charge is -2.13. The van der Waals surface area contributed by atoms with Crippen LogP contribution in [-0.4, -0.2) is 42.8 Å². The van der Waals surface area contributed by atoms with E-state index in [1.54, 1.807) is 24.4 Å². The van der Waals surface area contributed by atoms with Crippen molar-refractivity contribution >= 4 is 38.5 Å². The van der Waals surface area contributed by atoms with E-state index in [4.69, 9.17) is 0 Å². The van der Waals surface area contributed by atoms with E-state index in [1.165, 1.54) is 32.4 Å². The van der Waals surface area contributed by atoms with E-state index in [1.807, 2.05) is 0 Å². The van der Waals surface area contributed by atoms with Gasteiger partial charge in [0.2, 0.25) is 10.0 Å². The number of aromatic nitrogens is 2. The number of carbonyl (C=O) groups is 1. The number of alkyl halides is 3. The van der Waals surface area contributed by atoms with Gasteiger partial charge < -0.3 is 15.6 Å². The number of nitrogens with one attached hydrogen (secondary N) is 3. The van der Waals surface area contributed by atoms with Crippen LogP contribution in [0.3, 0.4) is 0 Å². The lowest BCUT2D eigenvalue weighted by atomic mass is 10.0. The van der Waals surface area contributed by atoms with Crippen molar-refractivity contribution in [3.63, 3.8) is 0 Å². The Kier molecular flexibility index (Phi) is 6.26. The number of hydrogen-bond donors (Lipinski definition) is 3. The zero-order chi connectivity index (χ0) is 25.4. The largest absolute Gasteiger partial charge is 0.416 e. The van der Waals surface area contributed by atoms with Gasteiger partial charge in [-0.2, -0.15) is 13.2 Å². The van der Waals surface area contributed by atoms with Crippen molar-refractivity contribution in [3.8, 4) is 11.1 Å². The fourth-order valence-electron chi connectivity index (χ4n) is 3.46. The highest BCUT2D eigenvalue weighted by Crippen LogP contribution is 2.34. The first-order valence-corrected chi connectivity index (χ1v) is 11.6. The number of amides is 2. The molecular weight excluding hydrogens is 483 g/mol. The summed E-state index contributed by atoms with van der Waals surface area (Å²) in [7, 11) is -0.782. The number of pyridine rings is 1. The summed E-state index contributed by atoms with van der Waals surface area (Å²) in [5.41, 5.74) is 1.37. The van der Waals surface area contributed by atoms with Crippen LogP contribution in [0, 0.1) is 0 Å². The minimum absolute atomic E-state index is 0.107. The van der Waals surface area contributed by atoms with Crippen LogP contribution in [0.2, 0.25) is 0 Å². The van der Waals surface area contributed by atoms with E-state index >= 15 is 0 Å². The maximum absolute atomic E-state index is 12.7. The summed E-state index contributed by atoms with van der Waals surface area (Å²) in [4.78, 5) is 19.9. The minimum Gasteiger partial charge on any atom is -0.344 e. The Morgan fingerprint density at radius 2 is 1.74 bits per heavy atom. The first-order chi connectivity index (χ1) is 16.5. The predicted octanol–water partition coefficient (Wildman–Crippen LogP) is 5.14. The molecule has 0 radical (unpaired) electrons. The molecule has 2 amide bonds. The average molecular weight is 504 g/mol. The van der Waals surface area contributed by atoms with Crippen molar-refractivity contribution in [1.29, 1.82) is 0 Å². The molecule has 0 saturated heterocycles. The molecule has 0 aliphatic carbocycles. The molecular formula is C23H20F3N5O3S. The Morgan fingerprint density at radius 3 is 2.40 bits per heavy atom. The Hall–Kier alpha value is -3.90. The van der Waals surface area contributed by atoms with Gasteiger partial charge in [-0.05, 0) is 53.6 Å². The Labute approximate surface area is 198 Å². The van der Waals surface area contributed by atoms with Gasteiger partial charge in [-0.3, -0.25) is 0 Å². The highest BCUT2D eigenvalue weighted by atomic mass is 32.2. The van der Waals surface area contributed by atoms with E-state index in [2.05, 4.69) is 20.6 Å². The summed E-state index contributed by atoms with van der Waals surface area (Å²) in [6, 6.07) is 11.4. The van der Waals surface area contributed by atoms with Crippen LogP contribution >= 0.6 is 0 Å². The Bertz CT molecular complexity index is 1500. The summed E-state index contributed by atoms with van der Waals surface area (Å²) in [5, 5.41) is 5.69. The topological polar surface area (TPSA) is 107 Å². The first kappa shape index (κ1) is 24.2. The quantitative estimate of drug-likeness (QED) is 0.350. The minimum atomic E-state index is -4.47. The van der Waals surface area contributed by atoms with E-state index in [9.17, 15) is 26.4 Å². The number of benzene rings is 2. The number of sulfonamides is 1. The van der Waals surface area contributed by atoms with Crippen LogP contribution < -0.4 is 10.6 Å². The number of rotatable bonds is 5. The fraction of sp³-hybridized carbons (Fsp3) is 0.130. The molecule has 2 aromatic heterocycles. The summed E-state index contributed by atoms with van der Waals surface area (Å²) >= 11 is 0. The van der Waals surface area contributed by atoms with Crippen molar-refractivity contribution in [2.24, 2.45) is 0 Å². The third kappa shape index (κ3) is 4.98. The molecule has 0 bridgehead atoms. The number of nitrogens with zero attached hydrogens (tertiary/aromatic N) is 2. The standard InChI is InChI=1S/C23H20F3N5O3S/c1-31(2)35(33,34)17-5-3-4-14(12-17)18-10-11-27-21-20(18)19(13-28-21)30-22(32)29-16-8-6-15(7-9-16)23(24,25)26/h3-13H,1-2H3,(H,27,28)(H2,29,30,32). The highest BCUT2D eigenvalue weighted by Gasteiger charge is 2.30. The number of aromatic amines is 1. The van der Waals surface area contributed by atoms with E-state index in [0.29, 0.717) is 27.8 Å². The predicted molar refractivity (Wildman–Crippen MR) is 126 cm³/mol. The smallest absolute Gasteiger partial charge is 0.344 e. The number of anilines is 2. The normalized spacial score (nSPS) is 12.2. The van der Waals surface area contributed by atoms with Crippen LogP contribution in [0.5, 0.6) is 0 Å². The second kappa shape index (κ2) is 9.04. The number of hydrogen-bond acceptors (Lipinski definition) is 4. The monoisotopic (exact) mass is 503 g/mol. The van der Waals surface area contributed by atoms with Crippen LogP contribution in [0.4, 0.5) is 29.3 Å². The first-order valence-electron chi connectivity index (χ1n) is 10.2. The number of H-pyrrole nitrogens is 1. The van der Waals surface area contributed by atoms with E-state index < -0.39 is 27.8 Å². The van der Waals surface area contributed by atoms with Gasteiger partial charge in [-0.15, -0.1) is 0 Å². The van der Waals surface area contributed by atoms with Gasteiger partial charge >= 0.3 is 12.2 Å². The summed E-state index contributed by atoms with van der Waals surface area (Å²) in [6.07, 6.45) is -1.40. The third-order valence-electron chi connectivity index (χ3n) is 5.22. The summed E-state index contributed by atoms with van der Waals surface area (Å²) in [5.74, 6) is 0. The molecule has 4 rings (SSSR count). The molecule has 0 saturated carbocycles. The van der Waals surface area contributed by atoms with Gasteiger partial charge in [0.05, 0.1) is 21.5 Å². The van der Waals surface area contributed by atoms with Gasteiger partial charge in [-0.1, -0.05) is 12.1 Å². The summed E-state index contributed by atoms with van der Waals surface area (Å²) < 4.78 is 64.5. The third-order valence-corrected chi connectivity index (χ3v) is 7.03. The lowest BCUT2D eigenvalue weighted by Crippen LogP contribution is -2.22. The molecule has 0 atom stereocenters. The van der Waals surface area contributed by atoms with Gasteiger partial charge in [0.15, 0.2) is 0 Å². The lowest BCUT2D eigenvalue weighted by molar-refractivity contribution is -0.137. The zero-order valence-electron chi connectivity index (χ0n) is 18.5. The molecule has 35 heavy (non-hydrogen) atoms. The number of halogens is 3. The second-order valence-electron chi connectivity index (χ2n) is 7.75. The van der Waals surface area contributed by atoms with Crippen LogP contribution in [0.1, 0.15) is 5.56 Å². The van der Waals surface area contributed by atoms with Gasteiger partial charge in [0, 0.05) is 32.2 Å². The molecule has 0 fully saturated rings. The van der Waals surface area contributed by atoms with Crippen LogP contribution in [-0.2, 0) is 16.2 Å². The molecule has 182 valence electrons. The molecule has 2 aromatic carbocycles. The molecule has 12 heteroatoms. The number of fused-ring (bicyclic) bond motifs is 1. The van der Waals surface area contributed by atoms with Gasteiger partial charge in [0.25, 0.3) is 0 Å². The Morgan fingerprint density at radius 1 is 1.03 bits per heavy atom. The van der Waals surface area contributed by atoms with Crippen LogP contribution in [0.15, 0.2) is 71.9 Å². The SMILES string of the molecule is CN(C)S(=O)(=O)c1cccc(-c2ccnc3[nH]cc(NC(=O)Nc4ccc(C(F)(F)F)cc4)c23)c1. The molecule has 2 heterocycles. The maximum Gasteiger partial charge on any atom is 0.416 e. The van der Waals surface area contributed by atoms with Gasteiger partial charge in [0.1, 0.15) is 5.65 Å². The number of carbonyl (C=O) groups excluding carboxylic acids is 1. The molecule has 8 nitrogen and oxygen atoms in total. The highest BCUT2D eigenvalue weighted by molar-refractivity contribution is 7.89. The average Bonchev–Trinajstić information content (AvgIpc) is 3.21. The molecule has 0 unspecified atom stereocenters. The summed E-state index contributed by atoms with van der Waals surface area (Å²) in [6.45, 7) is 0. The van der Waals surface area contributed by atoms with Crippen molar-refractivity contribution < 1.29 is 26.4 Å². The van der Waals surface area contributed by atoms with Crippen molar-refractivity contribution in [3.05, 3.63) is 72.6 Å². The number of urea groups is 1. The van der Waals surface area contributed by atoms with E-state index in [-0.39, 0.29) is 10.6 Å². The molecule has 0 spiro atoms.